The number of rotatable bonds is 1. The normalized spacial score (nSPS) is 21.3. The van der Waals surface area contributed by atoms with E-state index in [1.165, 1.54) is 6.08 Å². The van der Waals surface area contributed by atoms with Gasteiger partial charge in [0.05, 0.1) is 0 Å². The molecule has 0 heterocycles. The lowest BCUT2D eigenvalue weighted by atomic mass is 10.1. The highest BCUT2D eigenvalue weighted by molar-refractivity contribution is 9.11. The van der Waals surface area contributed by atoms with E-state index in [-0.39, 0.29) is 10.1 Å². The van der Waals surface area contributed by atoms with Gasteiger partial charge in [-0.1, -0.05) is 15.9 Å². The fraction of sp³-hybridized carbons (Fsp3) is 0.286. The molecule has 0 saturated heterocycles. The van der Waals surface area contributed by atoms with E-state index in [9.17, 15) is 13.6 Å². The Labute approximate surface area is 81.2 Å². The van der Waals surface area contributed by atoms with Crippen molar-refractivity contribution in [3.63, 3.8) is 0 Å². The molecule has 0 N–H and O–H groups in total. The monoisotopic (exact) mass is 256 g/mol. The Morgan fingerprint density at radius 3 is 2.67 bits per heavy atom. The number of hydrogen-bond acceptors (Lipinski definition) is 1. The standard InChI is InChI=1S/C7H4BrClF2O/c8-5-1-4(6(9)12)2-7(10,11)3-5/h1-2H,3H2. The molecule has 0 fully saturated rings. The first kappa shape index (κ1) is 9.86. The summed E-state index contributed by atoms with van der Waals surface area (Å²) in [6.07, 6.45) is 1.46. The van der Waals surface area contributed by atoms with Crippen LogP contribution in [0.1, 0.15) is 6.42 Å². The summed E-state index contributed by atoms with van der Waals surface area (Å²) >= 11 is 7.95. The van der Waals surface area contributed by atoms with E-state index in [0.29, 0.717) is 6.08 Å². The molecule has 0 spiro atoms. The third-order valence-corrected chi connectivity index (χ3v) is 2.04. The highest BCUT2D eigenvalue weighted by Gasteiger charge is 2.31. The first-order valence-electron chi connectivity index (χ1n) is 3.07. The van der Waals surface area contributed by atoms with Crippen molar-refractivity contribution in [2.24, 2.45) is 0 Å². The average molecular weight is 257 g/mol. The predicted molar refractivity (Wildman–Crippen MR) is 45.5 cm³/mol. The molecule has 1 rings (SSSR count). The summed E-state index contributed by atoms with van der Waals surface area (Å²) < 4.78 is 25.7. The van der Waals surface area contributed by atoms with E-state index in [2.05, 4.69) is 15.9 Å². The largest absolute Gasteiger partial charge is 0.276 e. The molecule has 0 aromatic rings. The highest BCUT2D eigenvalue weighted by atomic mass is 79.9. The quantitative estimate of drug-likeness (QED) is 0.660. The van der Waals surface area contributed by atoms with Crippen LogP contribution in [0.4, 0.5) is 8.78 Å². The van der Waals surface area contributed by atoms with Crippen molar-refractivity contribution in [3.8, 4) is 0 Å². The van der Waals surface area contributed by atoms with Crippen LogP contribution in [0.2, 0.25) is 0 Å². The summed E-state index contributed by atoms with van der Waals surface area (Å²) in [6.45, 7) is 0. The van der Waals surface area contributed by atoms with Crippen molar-refractivity contribution in [1.82, 2.24) is 0 Å². The Hall–Kier alpha value is -0.220. The molecule has 0 saturated carbocycles. The van der Waals surface area contributed by atoms with E-state index in [1.807, 2.05) is 0 Å². The van der Waals surface area contributed by atoms with Crippen LogP contribution in [0.25, 0.3) is 0 Å². The number of carbonyl (C=O) groups is 1. The Bertz CT molecular complexity index is 283. The Morgan fingerprint density at radius 2 is 2.25 bits per heavy atom. The molecule has 12 heavy (non-hydrogen) atoms. The van der Waals surface area contributed by atoms with Gasteiger partial charge < -0.3 is 0 Å². The van der Waals surface area contributed by atoms with Gasteiger partial charge in [0.1, 0.15) is 0 Å². The van der Waals surface area contributed by atoms with Crippen LogP contribution in [-0.2, 0) is 4.79 Å². The molecule has 0 aliphatic heterocycles. The third kappa shape index (κ3) is 2.38. The number of carbonyl (C=O) groups excluding carboxylic acids is 1. The molecule has 0 atom stereocenters. The maximum Gasteiger partial charge on any atom is 0.272 e. The lowest BCUT2D eigenvalue weighted by Gasteiger charge is -2.16. The van der Waals surface area contributed by atoms with Gasteiger partial charge in [0.25, 0.3) is 11.2 Å². The van der Waals surface area contributed by atoms with Crippen LogP contribution < -0.4 is 0 Å². The minimum atomic E-state index is -2.98. The molecule has 66 valence electrons. The topological polar surface area (TPSA) is 17.1 Å². The Kier molecular flexibility index (Phi) is 2.68. The van der Waals surface area contributed by atoms with Gasteiger partial charge in [0, 0.05) is 16.5 Å². The third-order valence-electron chi connectivity index (χ3n) is 1.31. The van der Waals surface area contributed by atoms with Crippen LogP contribution in [0.3, 0.4) is 0 Å². The lowest BCUT2D eigenvalue weighted by Crippen LogP contribution is -2.17. The summed E-state index contributed by atoms with van der Waals surface area (Å²) in [5, 5.41) is -0.869. The molecule has 0 radical (unpaired) electrons. The Balaban J connectivity index is 3.01. The Morgan fingerprint density at radius 1 is 1.67 bits per heavy atom. The summed E-state index contributed by atoms with van der Waals surface area (Å²) in [7, 11) is 0. The molecule has 0 aromatic carbocycles. The van der Waals surface area contributed by atoms with E-state index >= 15 is 0 Å². The summed E-state index contributed by atoms with van der Waals surface area (Å²) in [4.78, 5) is 10.5. The second-order valence-corrected chi connectivity index (χ2v) is 3.76. The second kappa shape index (κ2) is 3.26. The molecule has 1 aliphatic rings. The zero-order chi connectivity index (χ0) is 9.35. The van der Waals surface area contributed by atoms with Crippen molar-refractivity contribution in [1.29, 1.82) is 0 Å². The molecule has 1 aliphatic carbocycles. The van der Waals surface area contributed by atoms with E-state index in [0.717, 1.165) is 0 Å². The highest BCUT2D eigenvalue weighted by Crippen LogP contribution is 2.34. The lowest BCUT2D eigenvalue weighted by molar-refractivity contribution is -0.108. The number of halogens is 4. The summed E-state index contributed by atoms with van der Waals surface area (Å²) in [5.74, 6) is -2.98. The molecule has 5 heteroatoms. The molecular formula is C7H4BrClF2O. The van der Waals surface area contributed by atoms with Gasteiger partial charge in [-0.25, -0.2) is 8.78 Å². The zero-order valence-electron chi connectivity index (χ0n) is 5.78. The number of hydrogen-bond donors (Lipinski definition) is 0. The van der Waals surface area contributed by atoms with Crippen molar-refractivity contribution in [2.45, 2.75) is 12.3 Å². The van der Waals surface area contributed by atoms with E-state index < -0.39 is 17.6 Å². The van der Waals surface area contributed by atoms with Crippen molar-refractivity contribution < 1.29 is 13.6 Å². The van der Waals surface area contributed by atoms with Gasteiger partial charge in [-0.05, 0) is 23.8 Å². The average Bonchev–Trinajstić information content (AvgIpc) is 1.82. The summed E-state index contributed by atoms with van der Waals surface area (Å²) in [6, 6.07) is 0. The van der Waals surface area contributed by atoms with E-state index in [4.69, 9.17) is 11.6 Å². The van der Waals surface area contributed by atoms with Crippen LogP contribution >= 0.6 is 27.5 Å². The predicted octanol–water partition coefficient (Wildman–Crippen LogP) is 3.00. The maximum atomic E-state index is 12.7. The zero-order valence-corrected chi connectivity index (χ0v) is 8.12. The first-order chi connectivity index (χ1) is 5.41. The minimum Gasteiger partial charge on any atom is -0.276 e. The van der Waals surface area contributed by atoms with Gasteiger partial charge in [0.15, 0.2) is 0 Å². The summed E-state index contributed by atoms with van der Waals surface area (Å²) in [5.41, 5.74) is -0.167. The number of allylic oxidation sites excluding steroid dienone is 4. The molecule has 0 aromatic heterocycles. The van der Waals surface area contributed by atoms with Crippen LogP contribution in [0, 0.1) is 0 Å². The van der Waals surface area contributed by atoms with Gasteiger partial charge >= 0.3 is 0 Å². The van der Waals surface area contributed by atoms with Crippen LogP contribution in [0.5, 0.6) is 0 Å². The van der Waals surface area contributed by atoms with Gasteiger partial charge in [-0.15, -0.1) is 0 Å². The smallest absolute Gasteiger partial charge is 0.272 e. The van der Waals surface area contributed by atoms with Crippen molar-refractivity contribution >= 4 is 32.8 Å². The van der Waals surface area contributed by atoms with Crippen molar-refractivity contribution in [3.05, 3.63) is 22.2 Å². The van der Waals surface area contributed by atoms with Gasteiger partial charge in [-0.2, -0.15) is 0 Å². The molecule has 1 nitrogen and oxygen atoms in total. The van der Waals surface area contributed by atoms with Crippen LogP contribution in [0.15, 0.2) is 22.2 Å². The second-order valence-electron chi connectivity index (χ2n) is 2.40. The molecule has 0 bridgehead atoms. The van der Waals surface area contributed by atoms with Crippen molar-refractivity contribution in [2.75, 3.05) is 0 Å². The number of alkyl halides is 2. The fourth-order valence-corrected chi connectivity index (χ4v) is 1.61. The minimum absolute atomic E-state index is 0.167. The van der Waals surface area contributed by atoms with Gasteiger partial charge in [-0.3, -0.25) is 4.79 Å². The van der Waals surface area contributed by atoms with Crippen LogP contribution in [-0.4, -0.2) is 11.2 Å². The first-order valence-corrected chi connectivity index (χ1v) is 4.24. The molecule has 0 unspecified atom stereocenters. The maximum absolute atomic E-state index is 12.7. The van der Waals surface area contributed by atoms with E-state index in [1.54, 1.807) is 0 Å². The molecule has 0 amide bonds. The SMILES string of the molecule is O=C(Cl)C1=CC(F)(F)CC(Br)=C1. The van der Waals surface area contributed by atoms with Gasteiger partial charge in [0.2, 0.25) is 0 Å². The molecular weight excluding hydrogens is 253 g/mol. The fourth-order valence-electron chi connectivity index (χ4n) is 0.879.